The van der Waals surface area contributed by atoms with Crippen LogP contribution < -0.4 is 0 Å². The third-order valence-corrected chi connectivity index (χ3v) is 4.98. The summed E-state index contributed by atoms with van der Waals surface area (Å²) in [6.07, 6.45) is 1.34. The highest BCUT2D eigenvalue weighted by molar-refractivity contribution is 14.1. The van der Waals surface area contributed by atoms with E-state index < -0.39 is 0 Å². The van der Waals surface area contributed by atoms with Crippen molar-refractivity contribution in [3.8, 4) is 0 Å². The Kier molecular flexibility index (Phi) is 4.03. The van der Waals surface area contributed by atoms with Gasteiger partial charge in [-0.05, 0) is 24.4 Å². The third kappa shape index (κ3) is 3.18. The first-order valence-corrected chi connectivity index (χ1v) is 6.90. The van der Waals surface area contributed by atoms with Gasteiger partial charge < -0.3 is 0 Å². The van der Waals surface area contributed by atoms with Gasteiger partial charge in [0.2, 0.25) is 0 Å². The minimum absolute atomic E-state index is 0.836. The molecule has 2 atom stereocenters. The first-order valence-electron chi connectivity index (χ1n) is 5.66. The Morgan fingerprint density at radius 1 is 1.33 bits per heavy atom. The molecule has 2 unspecified atom stereocenters. The number of benzene rings is 1. The van der Waals surface area contributed by atoms with Crippen molar-refractivity contribution >= 4 is 22.6 Å². The molecule has 1 aromatic rings. The van der Waals surface area contributed by atoms with Crippen LogP contribution in [0.2, 0.25) is 0 Å². The molecular formula is C13H18IN. The number of alkyl halides is 1. The van der Waals surface area contributed by atoms with Gasteiger partial charge in [0.05, 0.1) is 0 Å². The quantitative estimate of drug-likeness (QED) is 0.598. The fourth-order valence-corrected chi connectivity index (χ4v) is 2.69. The van der Waals surface area contributed by atoms with Gasteiger partial charge in [0.1, 0.15) is 0 Å². The van der Waals surface area contributed by atoms with Crippen molar-refractivity contribution in [2.45, 2.75) is 23.8 Å². The summed E-state index contributed by atoms with van der Waals surface area (Å²) in [5.74, 6) is 0.836. The maximum absolute atomic E-state index is 2.60. The van der Waals surface area contributed by atoms with Crippen LogP contribution in [0.1, 0.15) is 18.9 Å². The Morgan fingerprint density at radius 2 is 2.07 bits per heavy atom. The van der Waals surface area contributed by atoms with E-state index in [1.54, 1.807) is 0 Å². The van der Waals surface area contributed by atoms with Crippen LogP contribution in [0.15, 0.2) is 30.3 Å². The van der Waals surface area contributed by atoms with Crippen molar-refractivity contribution in [2.75, 3.05) is 13.1 Å². The molecule has 15 heavy (non-hydrogen) atoms. The highest BCUT2D eigenvalue weighted by atomic mass is 127. The molecule has 0 spiro atoms. The second-order valence-electron chi connectivity index (χ2n) is 4.50. The van der Waals surface area contributed by atoms with Crippen molar-refractivity contribution in [2.24, 2.45) is 5.92 Å². The zero-order valence-electron chi connectivity index (χ0n) is 9.20. The molecule has 1 saturated heterocycles. The third-order valence-electron chi connectivity index (χ3n) is 3.13. The number of likely N-dealkylation sites (tertiary alicyclic amines) is 1. The van der Waals surface area contributed by atoms with E-state index in [-0.39, 0.29) is 0 Å². The fraction of sp³-hybridized carbons (Fsp3) is 0.538. The average molecular weight is 315 g/mol. The smallest absolute Gasteiger partial charge is 0.0233 e. The lowest BCUT2D eigenvalue weighted by molar-refractivity contribution is 0.186. The molecule has 0 saturated carbocycles. The Morgan fingerprint density at radius 3 is 2.73 bits per heavy atom. The number of hydrogen-bond donors (Lipinski definition) is 0. The van der Waals surface area contributed by atoms with E-state index in [4.69, 9.17) is 0 Å². The Balaban J connectivity index is 1.91. The van der Waals surface area contributed by atoms with Crippen LogP contribution in [0.3, 0.4) is 0 Å². The molecule has 1 nitrogen and oxygen atoms in total. The molecule has 0 bridgehead atoms. The van der Waals surface area contributed by atoms with E-state index in [0.29, 0.717) is 0 Å². The predicted octanol–water partition coefficient (Wildman–Crippen LogP) is 3.33. The van der Waals surface area contributed by atoms with Gasteiger partial charge >= 0.3 is 0 Å². The Labute approximate surface area is 106 Å². The highest BCUT2D eigenvalue weighted by Crippen LogP contribution is 2.24. The van der Waals surface area contributed by atoms with Gasteiger partial charge in [0, 0.05) is 17.0 Å². The van der Waals surface area contributed by atoms with Crippen LogP contribution in [0.4, 0.5) is 0 Å². The zero-order chi connectivity index (χ0) is 10.7. The molecule has 0 N–H and O–H groups in total. The van der Waals surface area contributed by atoms with Crippen LogP contribution in [0, 0.1) is 5.92 Å². The van der Waals surface area contributed by atoms with E-state index in [1.165, 1.54) is 25.1 Å². The largest absolute Gasteiger partial charge is 0.299 e. The summed E-state index contributed by atoms with van der Waals surface area (Å²) in [6.45, 7) is 6.00. The molecule has 1 aliphatic rings. The van der Waals surface area contributed by atoms with Crippen LogP contribution in [-0.4, -0.2) is 21.9 Å². The number of nitrogens with zero attached hydrogens (tertiary/aromatic N) is 1. The molecule has 82 valence electrons. The molecule has 0 aromatic heterocycles. The topological polar surface area (TPSA) is 3.24 Å². The average Bonchev–Trinajstić information content (AvgIpc) is 2.25. The SMILES string of the molecule is CC1CN(Cc2ccccc2)CCC1I. The lowest BCUT2D eigenvalue weighted by atomic mass is 10.00. The molecule has 2 rings (SSSR count). The molecule has 2 heteroatoms. The van der Waals surface area contributed by atoms with Crippen molar-refractivity contribution in [3.05, 3.63) is 35.9 Å². The van der Waals surface area contributed by atoms with Gasteiger partial charge in [-0.25, -0.2) is 0 Å². The molecule has 1 aliphatic heterocycles. The van der Waals surface area contributed by atoms with Gasteiger partial charge in [-0.2, -0.15) is 0 Å². The number of piperidine rings is 1. The van der Waals surface area contributed by atoms with Crippen molar-refractivity contribution in [1.29, 1.82) is 0 Å². The van der Waals surface area contributed by atoms with Crippen molar-refractivity contribution in [3.63, 3.8) is 0 Å². The summed E-state index contributed by atoms with van der Waals surface area (Å²) < 4.78 is 0.870. The standard InChI is InChI=1S/C13H18IN/c1-11-9-15(8-7-13(11)14)10-12-5-3-2-4-6-12/h2-6,11,13H,7-10H2,1H3. The van der Waals surface area contributed by atoms with E-state index in [2.05, 4.69) is 64.7 Å². The summed E-state index contributed by atoms with van der Waals surface area (Å²) >= 11 is 2.60. The maximum Gasteiger partial charge on any atom is 0.0233 e. The van der Waals surface area contributed by atoms with Gasteiger partial charge in [-0.3, -0.25) is 4.90 Å². The lowest BCUT2D eigenvalue weighted by Crippen LogP contribution is -2.39. The van der Waals surface area contributed by atoms with E-state index in [0.717, 1.165) is 16.4 Å². The predicted molar refractivity (Wildman–Crippen MR) is 73.3 cm³/mol. The molecule has 0 amide bonds. The minimum atomic E-state index is 0.836. The summed E-state index contributed by atoms with van der Waals surface area (Å²) in [6, 6.07) is 10.8. The van der Waals surface area contributed by atoms with Crippen LogP contribution in [0.25, 0.3) is 0 Å². The first kappa shape index (κ1) is 11.4. The van der Waals surface area contributed by atoms with E-state index >= 15 is 0 Å². The van der Waals surface area contributed by atoms with Gasteiger partial charge in [0.15, 0.2) is 0 Å². The van der Waals surface area contributed by atoms with Gasteiger partial charge in [0.25, 0.3) is 0 Å². The number of rotatable bonds is 2. The summed E-state index contributed by atoms with van der Waals surface area (Å²) in [7, 11) is 0. The summed E-state index contributed by atoms with van der Waals surface area (Å²) in [5, 5.41) is 0. The molecule has 1 fully saturated rings. The second kappa shape index (κ2) is 5.30. The molecule has 1 aromatic carbocycles. The van der Waals surface area contributed by atoms with Crippen LogP contribution >= 0.6 is 22.6 Å². The van der Waals surface area contributed by atoms with Crippen molar-refractivity contribution < 1.29 is 0 Å². The Hall–Kier alpha value is -0.0900. The first-order chi connectivity index (χ1) is 7.25. The maximum atomic E-state index is 2.60. The van der Waals surface area contributed by atoms with Crippen molar-refractivity contribution in [1.82, 2.24) is 4.90 Å². The Bertz CT molecular complexity index is 299. The monoisotopic (exact) mass is 315 g/mol. The number of hydrogen-bond acceptors (Lipinski definition) is 1. The molecule has 0 aliphatic carbocycles. The number of halogens is 1. The summed E-state index contributed by atoms with van der Waals surface area (Å²) in [5.41, 5.74) is 1.44. The van der Waals surface area contributed by atoms with Crippen LogP contribution in [-0.2, 0) is 6.54 Å². The fourth-order valence-electron chi connectivity index (χ4n) is 2.19. The van der Waals surface area contributed by atoms with Crippen LogP contribution in [0.5, 0.6) is 0 Å². The minimum Gasteiger partial charge on any atom is -0.299 e. The normalized spacial score (nSPS) is 27.9. The lowest BCUT2D eigenvalue weighted by Gasteiger charge is -2.34. The van der Waals surface area contributed by atoms with Gasteiger partial charge in [-0.15, -0.1) is 0 Å². The molecule has 0 radical (unpaired) electrons. The second-order valence-corrected chi connectivity index (χ2v) is 6.10. The van der Waals surface area contributed by atoms with E-state index in [9.17, 15) is 0 Å². The highest BCUT2D eigenvalue weighted by Gasteiger charge is 2.23. The van der Waals surface area contributed by atoms with Gasteiger partial charge in [-0.1, -0.05) is 59.8 Å². The molecular weight excluding hydrogens is 297 g/mol. The summed E-state index contributed by atoms with van der Waals surface area (Å²) in [4.78, 5) is 2.58. The van der Waals surface area contributed by atoms with E-state index in [1.807, 2.05) is 0 Å². The molecule has 1 heterocycles. The zero-order valence-corrected chi connectivity index (χ0v) is 11.4.